The summed E-state index contributed by atoms with van der Waals surface area (Å²) in [6.45, 7) is 0.398. The Morgan fingerprint density at radius 1 is 1.61 bits per heavy atom. The van der Waals surface area contributed by atoms with E-state index < -0.39 is 12.0 Å². The van der Waals surface area contributed by atoms with Crippen molar-refractivity contribution in [3.05, 3.63) is 0 Å². The predicted molar refractivity (Wildman–Crippen MR) is 59.9 cm³/mol. The molecule has 7 heteroatoms. The maximum Gasteiger partial charge on any atom is 0.235 e. The first kappa shape index (κ1) is 11.1. The van der Waals surface area contributed by atoms with E-state index in [9.17, 15) is 15.2 Å². The Labute approximate surface area is 108 Å². The van der Waals surface area contributed by atoms with E-state index in [4.69, 9.17) is 9.47 Å². The smallest absolute Gasteiger partial charge is 0.235 e. The minimum absolute atomic E-state index is 0.0570. The maximum absolute atomic E-state index is 12.0. The zero-order valence-corrected chi connectivity index (χ0v) is 10.3. The minimum Gasteiger partial charge on any atom is -0.366 e. The van der Waals surface area contributed by atoms with Crippen molar-refractivity contribution in [2.75, 3.05) is 12.4 Å². The third-order valence-electron chi connectivity index (χ3n) is 4.34. The van der Waals surface area contributed by atoms with Crippen LogP contribution in [0.5, 0.6) is 0 Å². The Morgan fingerprint density at radius 2 is 2.44 bits per heavy atom. The van der Waals surface area contributed by atoms with Crippen molar-refractivity contribution >= 4 is 17.7 Å². The molecule has 96 valence electrons. The van der Waals surface area contributed by atoms with E-state index in [1.165, 1.54) is 16.7 Å². The van der Waals surface area contributed by atoms with E-state index >= 15 is 0 Å². The normalized spacial score (nSPS) is 53.2. The number of hydrogen-bond acceptors (Lipinski definition) is 6. The number of fused-ring (bicyclic) bond motifs is 8. The van der Waals surface area contributed by atoms with Gasteiger partial charge in [0.2, 0.25) is 12.2 Å². The topological polar surface area (TPSA) is 82.8 Å². The highest BCUT2D eigenvalue weighted by Gasteiger charge is 2.66. The molecule has 1 N–H and O–H groups in total. The monoisotopic (exact) mass is 268 g/mol. The number of carbonyl (C=O) groups is 1. The van der Waals surface area contributed by atoms with Crippen molar-refractivity contribution < 1.29 is 19.4 Å². The lowest BCUT2D eigenvalue weighted by molar-refractivity contribution is -0.299. The van der Waals surface area contributed by atoms with Gasteiger partial charge in [0, 0.05) is 12.3 Å². The summed E-state index contributed by atoms with van der Waals surface area (Å²) in [4.78, 5) is 13.4. The van der Waals surface area contributed by atoms with E-state index in [1.54, 1.807) is 0 Å². The molecule has 0 aliphatic carbocycles. The highest BCUT2D eigenvalue weighted by molar-refractivity contribution is 8.01. The SMILES string of the molecule is N#C[C@@H]1C2C[C@](O)(C3OCC2O3)N2C(=O)CSC12. The average molecular weight is 268 g/mol. The van der Waals surface area contributed by atoms with Crippen LogP contribution in [-0.4, -0.2) is 51.8 Å². The third-order valence-corrected chi connectivity index (χ3v) is 5.60. The molecule has 4 aliphatic heterocycles. The lowest BCUT2D eigenvalue weighted by Crippen LogP contribution is -2.69. The molecule has 4 rings (SSSR count). The summed E-state index contributed by atoms with van der Waals surface area (Å²) >= 11 is 1.44. The molecule has 6 nitrogen and oxygen atoms in total. The van der Waals surface area contributed by atoms with E-state index in [1.807, 2.05) is 0 Å². The minimum atomic E-state index is -1.39. The van der Waals surface area contributed by atoms with Gasteiger partial charge in [0.15, 0.2) is 5.72 Å². The fourth-order valence-electron chi connectivity index (χ4n) is 3.55. The molecule has 4 saturated heterocycles. The Balaban J connectivity index is 1.84. The number of thioether (sulfide) groups is 1. The number of ether oxygens (including phenoxy) is 2. The van der Waals surface area contributed by atoms with E-state index in [-0.39, 0.29) is 29.2 Å². The molecule has 4 bridgehead atoms. The van der Waals surface area contributed by atoms with Crippen LogP contribution >= 0.6 is 11.8 Å². The standard InChI is InChI=1S/C11H12N2O4S/c12-2-6-5-1-11(15,10-16-3-7(5)17-10)13-8(14)4-18-9(6)13/h5-7,9-10,15H,1,3-4H2/t5?,6-,7?,9?,10?,11+/m1/s1. The first-order valence-corrected chi connectivity index (χ1v) is 7.03. The zero-order chi connectivity index (χ0) is 12.5. The molecule has 0 aromatic carbocycles. The molecule has 1 amide bonds. The van der Waals surface area contributed by atoms with Gasteiger partial charge in [-0.2, -0.15) is 5.26 Å². The molecule has 6 atom stereocenters. The molecule has 4 heterocycles. The maximum atomic E-state index is 12.0. The van der Waals surface area contributed by atoms with E-state index in [0.29, 0.717) is 18.8 Å². The van der Waals surface area contributed by atoms with Crippen LogP contribution in [0.4, 0.5) is 0 Å². The number of piperidine rings is 1. The quantitative estimate of drug-likeness (QED) is 0.637. The summed E-state index contributed by atoms with van der Waals surface area (Å²) < 4.78 is 11.1. The van der Waals surface area contributed by atoms with Gasteiger partial charge in [-0.25, -0.2) is 0 Å². The molecule has 18 heavy (non-hydrogen) atoms. The van der Waals surface area contributed by atoms with E-state index in [2.05, 4.69) is 6.07 Å². The Hall–Kier alpha value is -0.810. The second-order valence-electron chi connectivity index (χ2n) is 5.21. The molecular weight excluding hydrogens is 256 g/mol. The second kappa shape index (κ2) is 3.39. The summed E-state index contributed by atoms with van der Waals surface area (Å²) in [5.74, 6) is -0.175. The van der Waals surface area contributed by atoms with Crippen molar-refractivity contribution in [3.8, 4) is 6.07 Å². The van der Waals surface area contributed by atoms with Crippen LogP contribution in [0.25, 0.3) is 0 Å². The van der Waals surface area contributed by atoms with Crippen molar-refractivity contribution in [1.29, 1.82) is 5.26 Å². The van der Waals surface area contributed by atoms with E-state index in [0.717, 1.165) is 0 Å². The van der Waals surface area contributed by atoms with Crippen LogP contribution in [0.15, 0.2) is 0 Å². The number of rotatable bonds is 0. The van der Waals surface area contributed by atoms with Gasteiger partial charge in [-0.3, -0.25) is 9.69 Å². The molecule has 4 unspecified atom stereocenters. The van der Waals surface area contributed by atoms with Gasteiger partial charge in [-0.1, -0.05) is 0 Å². The lowest BCUT2D eigenvalue weighted by atomic mass is 9.76. The summed E-state index contributed by atoms with van der Waals surface area (Å²) in [5, 5.41) is 19.9. The van der Waals surface area contributed by atoms with Crippen LogP contribution in [0, 0.1) is 23.2 Å². The highest BCUT2D eigenvalue weighted by atomic mass is 32.2. The molecule has 0 aromatic rings. The molecular formula is C11H12N2O4S. The van der Waals surface area contributed by atoms with Gasteiger partial charge in [-0.05, 0) is 0 Å². The largest absolute Gasteiger partial charge is 0.366 e. The van der Waals surface area contributed by atoms with Crippen molar-refractivity contribution in [3.63, 3.8) is 0 Å². The van der Waals surface area contributed by atoms with Gasteiger partial charge >= 0.3 is 0 Å². The first-order chi connectivity index (χ1) is 8.65. The fraction of sp³-hybridized carbons (Fsp3) is 0.818. The van der Waals surface area contributed by atoms with Crippen molar-refractivity contribution in [1.82, 2.24) is 4.90 Å². The number of amides is 1. The van der Waals surface area contributed by atoms with Crippen LogP contribution in [-0.2, 0) is 14.3 Å². The van der Waals surface area contributed by atoms with Crippen molar-refractivity contribution in [2.24, 2.45) is 11.8 Å². The summed E-state index contributed by atoms with van der Waals surface area (Å²) in [6, 6.07) is 2.29. The third kappa shape index (κ3) is 1.12. The molecule has 0 spiro atoms. The molecule has 0 saturated carbocycles. The number of nitrogens with zero attached hydrogens (tertiary/aromatic N) is 2. The van der Waals surface area contributed by atoms with Gasteiger partial charge in [-0.15, -0.1) is 11.8 Å². The van der Waals surface area contributed by atoms with Gasteiger partial charge < -0.3 is 14.6 Å². The second-order valence-corrected chi connectivity index (χ2v) is 6.31. The number of carbonyl (C=O) groups excluding carboxylic acids is 1. The summed E-state index contributed by atoms with van der Waals surface area (Å²) in [6.07, 6.45) is -0.509. The molecule has 4 aliphatic rings. The van der Waals surface area contributed by atoms with Crippen LogP contribution in [0.1, 0.15) is 6.42 Å². The Kier molecular flexibility index (Phi) is 2.08. The lowest BCUT2D eigenvalue weighted by Gasteiger charge is -2.53. The first-order valence-electron chi connectivity index (χ1n) is 5.98. The van der Waals surface area contributed by atoms with Gasteiger partial charge in [0.25, 0.3) is 0 Å². The van der Waals surface area contributed by atoms with Crippen molar-refractivity contribution in [2.45, 2.75) is 29.9 Å². The fourth-order valence-corrected chi connectivity index (χ4v) is 4.92. The number of nitriles is 1. The number of aliphatic hydroxyl groups is 1. The summed E-state index contributed by atoms with van der Waals surface area (Å²) in [7, 11) is 0. The van der Waals surface area contributed by atoms with Crippen LogP contribution in [0.2, 0.25) is 0 Å². The van der Waals surface area contributed by atoms with Crippen LogP contribution < -0.4 is 0 Å². The Morgan fingerprint density at radius 3 is 3.22 bits per heavy atom. The Bertz CT molecular complexity index is 466. The molecule has 0 radical (unpaired) electrons. The van der Waals surface area contributed by atoms with Gasteiger partial charge in [0.05, 0.1) is 35.8 Å². The molecule has 4 fully saturated rings. The molecule has 0 aromatic heterocycles. The summed E-state index contributed by atoms with van der Waals surface area (Å²) in [5.41, 5.74) is -1.39. The predicted octanol–water partition coefficient (Wildman–Crippen LogP) is -0.509. The zero-order valence-electron chi connectivity index (χ0n) is 9.48. The van der Waals surface area contributed by atoms with Gasteiger partial charge in [0.1, 0.15) is 0 Å². The number of hydrogen-bond donors (Lipinski definition) is 1. The van der Waals surface area contributed by atoms with Crippen LogP contribution in [0.3, 0.4) is 0 Å². The average Bonchev–Trinajstić information content (AvgIpc) is 2.94. The highest BCUT2D eigenvalue weighted by Crippen LogP contribution is 2.54.